The van der Waals surface area contributed by atoms with Crippen LogP contribution in [0.1, 0.15) is 76.2 Å². The first-order valence-corrected chi connectivity index (χ1v) is 19.8. The smallest absolute Gasteiger partial charge is 0.326 e. The zero-order chi connectivity index (χ0) is 42.1. The molecule has 17 heteroatoms. The van der Waals surface area contributed by atoms with Crippen molar-refractivity contribution in [3.05, 3.63) is 53.6 Å². The SMILES string of the molecule is CCCCCC1CCC(c2ccc(-c3ccc(OCCOCCOCCOCCOCC(=O)NCC(=O)NCC(=O)N[C@@H](CC(=O)O)C(=O)O)c(F)c3F)cc2)CC1. The number of hydrogen-bond donors (Lipinski definition) is 5. The van der Waals surface area contributed by atoms with Gasteiger partial charge in [-0.2, -0.15) is 4.39 Å². The zero-order valence-electron chi connectivity index (χ0n) is 33.1. The Labute approximate surface area is 337 Å². The average Bonchev–Trinajstić information content (AvgIpc) is 3.21. The average molecular weight is 822 g/mol. The molecule has 1 aliphatic carbocycles. The van der Waals surface area contributed by atoms with Crippen molar-refractivity contribution in [3.8, 4) is 16.9 Å². The highest BCUT2D eigenvalue weighted by Crippen LogP contribution is 2.39. The van der Waals surface area contributed by atoms with Gasteiger partial charge in [-0.05, 0) is 60.8 Å². The number of amides is 3. The van der Waals surface area contributed by atoms with Crippen molar-refractivity contribution in [1.29, 1.82) is 0 Å². The topological polar surface area (TPSA) is 208 Å². The van der Waals surface area contributed by atoms with Gasteiger partial charge < -0.3 is 49.8 Å². The molecule has 1 aliphatic rings. The number of nitrogens with one attached hydrogen (secondary N) is 3. The summed E-state index contributed by atoms with van der Waals surface area (Å²) in [5, 5.41) is 24.0. The number of carboxylic acids is 2. The van der Waals surface area contributed by atoms with E-state index in [2.05, 4.69) is 17.6 Å². The van der Waals surface area contributed by atoms with Gasteiger partial charge in [-0.15, -0.1) is 0 Å². The Hall–Kier alpha value is -4.71. The van der Waals surface area contributed by atoms with Gasteiger partial charge in [0.2, 0.25) is 23.5 Å². The maximum absolute atomic E-state index is 15.0. The molecule has 58 heavy (non-hydrogen) atoms. The molecule has 1 saturated carbocycles. The summed E-state index contributed by atoms with van der Waals surface area (Å²) in [5.41, 5.74) is 2.06. The van der Waals surface area contributed by atoms with Crippen LogP contribution in [0.5, 0.6) is 5.75 Å². The van der Waals surface area contributed by atoms with Crippen molar-refractivity contribution < 1.29 is 66.7 Å². The van der Waals surface area contributed by atoms with E-state index < -0.39 is 66.8 Å². The fourth-order valence-corrected chi connectivity index (χ4v) is 6.39. The molecule has 0 unspecified atom stereocenters. The predicted octanol–water partition coefficient (Wildman–Crippen LogP) is 4.21. The third kappa shape index (κ3) is 18.3. The molecule has 2 aromatic rings. The van der Waals surface area contributed by atoms with Gasteiger partial charge in [-0.1, -0.05) is 56.9 Å². The Morgan fingerprint density at radius 1 is 0.707 bits per heavy atom. The second-order valence-electron chi connectivity index (χ2n) is 13.9. The number of halogens is 2. The normalized spacial score (nSPS) is 15.6. The van der Waals surface area contributed by atoms with Crippen LogP contribution in [0.2, 0.25) is 0 Å². The molecule has 1 atom stereocenters. The van der Waals surface area contributed by atoms with Crippen LogP contribution in [0, 0.1) is 17.6 Å². The number of benzene rings is 2. The van der Waals surface area contributed by atoms with Crippen molar-refractivity contribution in [2.24, 2.45) is 5.92 Å². The highest BCUT2D eigenvalue weighted by atomic mass is 19.2. The van der Waals surface area contributed by atoms with E-state index in [0.717, 1.165) is 5.92 Å². The van der Waals surface area contributed by atoms with Gasteiger partial charge >= 0.3 is 11.9 Å². The minimum atomic E-state index is -1.65. The van der Waals surface area contributed by atoms with Crippen LogP contribution < -0.4 is 20.7 Å². The van der Waals surface area contributed by atoms with Crippen LogP contribution >= 0.6 is 0 Å². The van der Waals surface area contributed by atoms with E-state index in [0.29, 0.717) is 11.5 Å². The first-order chi connectivity index (χ1) is 28.0. The van der Waals surface area contributed by atoms with Crippen LogP contribution in [0.25, 0.3) is 11.1 Å². The Bertz CT molecular complexity index is 1590. The molecule has 0 aromatic heterocycles. The van der Waals surface area contributed by atoms with Crippen LogP contribution in [-0.2, 0) is 42.9 Å². The lowest BCUT2D eigenvalue weighted by Gasteiger charge is -2.29. The summed E-state index contributed by atoms with van der Waals surface area (Å²) in [6.45, 7) is 2.24. The Balaban J connectivity index is 1.16. The highest BCUT2D eigenvalue weighted by Gasteiger charge is 2.24. The number of unbranched alkanes of at least 4 members (excludes halogenated alkanes) is 2. The molecule has 0 saturated heterocycles. The van der Waals surface area contributed by atoms with Crippen molar-refractivity contribution in [1.82, 2.24) is 16.0 Å². The number of ether oxygens (including phenoxy) is 5. The van der Waals surface area contributed by atoms with Gasteiger partial charge in [0, 0.05) is 5.56 Å². The second kappa shape index (κ2) is 27.1. The number of carbonyl (C=O) groups excluding carboxylic acids is 3. The van der Waals surface area contributed by atoms with Gasteiger partial charge in [0.15, 0.2) is 11.6 Å². The predicted molar refractivity (Wildman–Crippen MR) is 207 cm³/mol. The molecule has 1 fully saturated rings. The first kappa shape index (κ1) is 47.7. The lowest BCUT2D eigenvalue weighted by Crippen LogP contribution is -2.47. The summed E-state index contributed by atoms with van der Waals surface area (Å²) in [6.07, 6.45) is 9.23. The van der Waals surface area contributed by atoms with Gasteiger partial charge in [0.05, 0.1) is 65.8 Å². The lowest BCUT2D eigenvalue weighted by atomic mass is 9.77. The molecule has 15 nitrogen and oxygen atoms in total. The van der Waals surface area contributed by atoms with Gasteiger partial charge in [0.25, 0.3) is 0 Å². The minimum Gasteiger partial charge on any atom is -0.488 e. The third-order valence-electron chi connectivity index (χ3n) is 9.54. The molecular weight excluding hydrogens is 764 g/mol. The second-order valence-corrected chi connectivity index (χ2v) is 13.9. The molecule has 0 heterocycles. The van der Waals surface area contributed by atoms with Crippen LogP contribution in [0.4, 0.5) is 8.78 Å². The Morgan fingerprint density at radius 2 is 1.29 bits per heavy atom. The summed E-state index contributed by atoms with van der Waals surface area (Å²) in [4.78, 5) is 57.0. The summed E-state index contributed by atoms with van der Waals surface area (Å²) in [6, 6.07) is 9.12. The summed E-state index contributed by atoms with van der Waals surface area (Å²) in [7, 11) is 0. The maximum Gasteiger partial charge on any atom is 0.326 e. The number of aliphatic carboxylic acids is 2. The maximum atomic E-state index is 15.0. The van der Waals surface area contributed by atoms with Crippen LogP contribution in [-0.4, -0.2) is 118 Å². The molecule has 0 radical (unpaired) electrons. The number of rotatable bonds is 29. The lowest BCUT2D eigenvalue weighted by molar-refractivity contribution is -0.147. The van der Waals surface area contributed by atoms with Gasteiger partial charge in [-0.3, -0.25) is 19.2 Å². The van der Waals surface area contributed by atoms with E-state index in [1.165, 1.54) is 69.1 Å². The fourth-order valence-electron chi connectivity index (χ4n) is 6.39. The molecule has 0 aliphatic heterocycles. The van der Waals surface area contributed by atoms with Crippen molar-refractivity contribution in [3.63, 3.8) is 0 Å². The minimum absolute atomic E-state index is 0.0203. The molecule has 3 amide bonds. The van der Waals surface area contributed by atoms with E-state index >= 15 is 4.39 Å². The van der Waals surface area contributed by atoms with E-state index in [4.69, 9.17) is 33.9 Å². The van der Waals surface area contributed by atoms with E-state index in [1.807, 2.05) is 29.6 Å². The summed E-state index contributed by atoms with van der Waals surface area (Å²) >= 11 is 0. The Morgan fingerprint density at radius 3 is 1.90 bits per heavy atom. The molecule has 3 rings (SSSR count). The Kier molecular flexibility index (Phi) is 22.2. The molecule has 0 bridgehead atoms. The van der Waals surface area contributed by atoms with E-state index in [9.17, 15) is 28.4 Å². The number of hydrogen-bond acceptors (Lipinski definition) is 10. The fraction of sp³-hybridized carbons (Fsp3) is 0.585. The third-order valence-corrected chi connectivity index (χ3v) is 9.54. The van der Waals surface area contributed by atoms with Gasteiger partial charge in [-0.25, -0.2) is 9.18 Å². The molecule has 322 valence electrons. The van der Waals surface area contributed by atoms with Crippen LogP contribution in [0.15, 0.2) is 36.4 Å². The van der Waals surface area contributed by atoms with Crippen LogP contribution in [0.3, 0.4) is 0 Å². The van der Waals surface area contributed by atoms with Crippen molar-refractivity contribution in [2.45, 2.75) is 76.7 Å². The summed E-state index contributed by atoms with van der Waals surface area (Å²) in [5.74, 6) is -6.05. The zero-order valence-corrected chi connectivity index (χ0v) is 33.1. The van der Waals surface area contributed by atoms with E-state index in [-0.39, 0.29) is 70.8 Å². The molecule has 0 spiro atoms. The van der Waals surface area contributed by atoms with Gasteiger partial charge in [0.1, 0.15) is 19.3 Å². The van der Waals surface area contributed by atoms with E-state index in [1.54, 1.807) is 0 Å². The molecule has 2 aromatic carbocycles. The molecule has 5 N–H and O–H groups in total. The number of carbonyl (C=O) groups is 5. The first-order valence-electron chi connectivity index (χ1n) is 19.8. The largest absolute Gasteiger partial charge is 0.488 e. The standard InChI is InChI=1S/C41H57F2N3O12/c1-2-3-4-5-28-6-8-29(9-7-28)30-10-12-31(13-11-30)32-14-15-34(40(43)39(32)42)58-23-22-56-19-18-54-16-17-55-20-21-57-27-37(49)45-25-35(47)44-26-36(48)46-33(41(52)53)24-38(50)51/h10-15,28-29,33H,2-9,16-27H2,1H3,(H,44,47)(H,45,49)(H,46,48)(H,50,51)(H,52,53)/t28?,29?,33-/m0/s1. The monoisotopic (exact) mass is 821 g/mol. The number of carboxylic acid groups (broad SMARTS) is 2. The molecular formula is C41H57F2N3O12. The summed E-state index contributed by atoms with van der Waals surface area (Å²) < 4.78 is 56.7. The highest BCUT2D eigenvalue weighted by molar-refractivity contribution is 5.91. The quantitative estimate of drug-likeness (QED) is 0.0732. The van der Waals surface area contributed by atoms with Crippen molar-refractivity contribution in [2.75, 3.05) is 72.6 Å². The van der Waals surface area contributed by atoms with Crippen molar-refractivity contribution >= 4 is 29.7 Å².